The van der Waals surface area contributed by atoms with Crippen molar-refractivity contribution in [2.75, 3.05) is 0 Å². The van der Waals surface area contributed by atoms with Crippen LogP contribution in [0.15, 0.2) is 97.1 Å². The Labute approximate surface area is 291 Å². The van der Waals surface area contributed by atoms with Gasteiger partial charge in [-0.05, 0) is 92.1 Å². The molecule has 251 valence electrons. The molecular weight excluding hydrogens is 629 g/mol. The van der Waals surface area contributed by atoms with Crippen LogP contribution in [0.25, 0.3) is 21.8 Å². The van der Waals surface area contributed by atoms with Crippen molar-refractivity contribution in [2.45, 2.75) is 99.1 Å². The fraction of sp³-hybridized carbons (Fsp3) is 0.366. The first-order valence-corrected chi connectivity index (χ1v) is 18.3. The zero-order valence-electron chi connectivity index (χ0n) is 29.7. The average Bonchev–Trinajstić information content (AvgIpc) is 3.39. The van der Waals surface area contributed by atoms with E-state index in [1.807, 2.05) is 12.1 Å². The second-order valence-electron chi connectivity index (χ2n) is 14.0. The molecule has 3 nitrogen and oxygen atoms in total. The molecular formula is C41H56CuN3P. The van der Waals surface area contributed by atoms with Gasteiger partial charge in [-0.1, -0.05) is 72.8 Å². The number of quaternary nitrogens is 2. The summed E-state index contributed by atoms with van der Waals surface area (Å²) >= 11 is 0. The number of hydrogen-bond donors (Lipinski definition) is 0. The molecule has 1 heterocycles. The number of fused-ring (bicyclic) bond motifs is 3. The fourth-order valence-corrected chi connectivity index (χ4v) is 10.1. The number of nitrogens with zero attached hydrogens (tertiary/aromatic N) is 3. The Kier molecular flexibility index (Phi) is 12.9. The van der Waals surface area contributed by atoms with Gasteiger partial charge in [0.2, 0.25) is 0 Å². The van der Waals surface area contributed by atoms with Crippen LogP contribution in [-0.4, -0.2) is 29.8 Å². The predicted molar refractivity (Wildman–Crippen MR) is 205 cm³/mol. The van der Waals surface area contributed by atoms with E-state index in [1.165, 1.54) is 32.8 Å². The molecule has 5 heteroatoms. The predicted octanol–water partition coefficient (Wildman–Crippen LogP) is 10.0. The van der Waals surface area contributed by atoms with Gasteiger partial charge in [-0.15, -0.1) is 25.1 Å². The summed E-state index contributed by atoms with van der Waals surface area (Å²) in [7, 11) is 8.52. The van der Waals surface area contributed by atoms with Crippen LogP contribution in [-0.2, 0) is 17.1 Å². The number of rotatable bonds is 9. The molecule has 0 aliphatic carbocycles. The van der Waals surface area contributed by atoms with Crippen molar-refractivity contribution in [3.8, 4) is 0 Å². The second kappa shape index (κ2) is 15.6. The summed E-state index contributed by atoms with van der Waals surface area (Å²) in [5.41, 5.74) is 5.48. The summed E-state index contributed by atoms with van der Waals surface area (Å²) in [5, 5.41) is 5.49. The summed E-state index contributed by atoms with van der Waals surface area (Å²) in [5.74, 6) is 0. The molecule has 5 rings (SSSR count). The van der Waals surface area contributed by atoms with Crippen molar-refractivity contribution >= 4 is 51.7 Å². The molecule has 0 aliphatic rings. The first kappa shape index (κ1) is 38.0. The molecule has 1 radical (unpaired) electrons. The van der Waals surface area contributed by atoms with Gasteiger partial charge in [-0.3, -0.25) is 0 Å². The molecule has 0 saturated heterocycles. The molecule has 0 aliphatic heterocycles. The molecule has 4 aromatic carbocycles. The minimum absolute atomic E-state index is 0. The van der Waals surface area contributed by atoms with Crippen molar-refractivity contribution in [3.63, 3.8) is 0 Å². The maximum Gasteiger partial charge on any atom is 0.155 e. The van der Waals surface area contributed by atoms with E-state index in [9.17, 15) is 0 Å². The summed E-state index contributed by atoms with van der Waals surface area (Å²) in [6.45, 7) is 23.2. The third-order valence-electron chi connectivity index (χ3n) is 9.89. The van der Waals surface area contributed by atoms with Gasteiger partial charge in [0.05, 0.1) is 37.7 Å². The summed E-state index contributed by atoms with van der Waals surface area (Å²) in [6.07, 6.45) is 0. The zero-order valence-corrected chi connectivity index (χ0v) is 31.6. The van der Waals surface area contributed by atoms with Crippen molar-refractivity contribution in [2.24, 2.45) is 0 Å². The normalized spacial score (nSPS) is 12.5. The first-order valence-electron chi connectivity index (χ1n) is 16.7. The van der Waals surface area contributed by atoms with E-state index in [1.54, 1.807) is 0 Å². The van der Waals surface area contributed by atoms with E-state index in [0.717, 1.165) is 11.0 Å². The maximum atomic E-state index is 4.80. The van der Waals surface area contributed by atoms with E-state index in [-0.39, 0.29) is 17.1 Å². The molecule has 1 aromatic heterocycles. The maximum absolute atomic E-state index is 4.80. The average molecular weight is 685 g/mol. The van der Waals surface area contributed by atoms with Gasteiger partial charge in [0.25, 0.3) is 0 Å². The zero-order chi connectivity index (χ0) is 33.1. The van der Waals surface area contributed by atoms with Crippen LogP contribution >= 0.6 is 7.92 Å². The van der Waals surface area contributed by atoms with Crippen molar-refractivity contribution in [3.05, 3.63) is 111 Å². The Morgan fingerprint density at radius 3 is 1.11 bits per heavy atom. The van der Waals surface area contributed by atoms with Gasteiger partial charge in [0.15, 0.2) is 10.6 Å². The topological polar surface area (TPSA) is 14.1 Å². The molecule has 0 atom stereocenters. The van der Waals surface area contributed by atoms with Gasteiger partial charge < -0.3 is 14.0 Å². The number of benzene rings is 4. The number of aromatic nitrogens is 1. The molecule has 0 bridgehead atoms. The molecule has 0 fully saturated rings. The molecule has 0 saturated carbocycles. The second-order valence-corrected chi connectivity index (χ2v) is 17.0. The minimum atomic E-state index is -1.08. The molecule has 0 amide bonds. The van der Waals surface area contributed by atoms with Crippen LogP contribution < -0.4 is 24.6 Å². The van der Waals surface area contributed by atoms with Gasteiger partial charge in [-0.25, -0.2) is 0 Å². The number of hydrogen-bond acceptors (Lipinski definition) is 0. The number of para-hydroxylation sites is 4. The van der Waals surface area contributed by atoms with Gasteiger partial charge in [-0.2, -0.15) is 0 Å². The summed E-state index contributed by atoms with van der Waals surface area (Å²) in [6, 6.07) is 36.3. The SMILES string of the molecule is [CH2-][N+](c1ccccc1[PH+](c1ccccc1[N+]([CH2-])(C(C)C)C(C)C)C(C)C)(C(C)C)C(C)C.[Cu].c1ccc2c(c1)[n-]c1ccccc12. The molecule has 0 N–H and O–H groups in total. The van der Waals surface area contributed by atoms with E-state index in [0.29, 0.717) is 38.8 Å². The monoisotopic (exact) mass is 684 g/mol. The van der Waals surface area contributed by atoms with Crippen LogP contribution in [0.3, 0.4) is 0 Å². The Balaban J connectivity index is 0.000000337. The largest absolute Gasteiger partial charge is 0.657 e. The van der Waals surface area contributed by atoms with E-state index in [2.05, 4.69) is 159 Å². The standard InChI is InChI=1S/C29H47N2P.C12H8N.Cu/c1-21(2)30(11,22(3)4)26-17-13-15-19-28(26)32(25(9)10)29-20-16-14-18-27(29)31(12,23(5)6)24(7)8;1-3-7-11-9(5-1)10-6-2-4-8-12(10)13-11;/h13-25H,11-12H2,1-10H3;1-8H;/q;-1;/p+1. The van der Waals surface area contributed by atoms with Gasteiger partial charge in [0.1, 0.15) is 11.4 Å². The molecule has 0 spiro atoms. The van der Waals surface area contributed by atoms with Crippen LogP contribution in [0, 0.1) is 14.1 Å². The van der Waals surface area contributed by atoms with Crippen LogP contribution in [0.1, 0.15) is 69.2 Å². The van der Waals surface area contributed by atoms with Crippen molar-refractivity contribution in [1.29, 1.82) is 0 Å². The van der Waals surface area contributed by atoms with Crippen molar-refractivity contribution < 1.29 is 17.1 Å². The third-order valence-corrected chi connectivity index (χ3v) is 13.0. The first-order chi connectivity index (χ1) is 21.3. The molecule has 5 aromatic rings. The summed E-state index contributed by atoms with van der Waals surface area (Å²) < 4.78 is 1.41. The van der Waals surface area contributed by atoms with Gasteiger partial charge >= 0.3 is 0 Å². The Bertz CT molecular complexity index is 1560. The Morgan fingerprint density at radius 2 is 0.783 bits per heavy atom. The third kappa shape index (κ3) is 7.18. The van der Waals surface area contributed by atoms with Crippen LogP contribution in [0.2, 0.25) is 0 Å². The molecule has 0 unspecified atom stereocenters. The summed E-state index contributed by atoms with van der Waals surface area (Å²) in [4.78, 5) is 4.52. The molecule has 46 heavy (non-hydrogen) atoms. The van der Waals surface area contributed by atoms with Crippen LogP contribution in [0.5, 0.6) is 0 Å². The Hall–Kier alpha value is -2.45. The van der Waals surface area contributed by atoms with E-state index >= 15 is 0 Å². The fourth-order valence-electron chi connectivity index (χ4n) is 6.93. The Morgan fingerprint density at radius 1 is 0.478 bits per heavy atom. The van der Waals surface area contributed by atoms with Crippen LogP contribution in [0.4, 0.5) is 11.4 Å². The van der Waals surface area contributed by atoms with Gasteiger partial charge in [0, 0.05) is 29.2 Å². The quantitative estimate of drug-likeness (QED) is 0.0652. The minimum Gasteiger partial charge on any atom is -0.657 e. The van der Waals surface area contributed by atoms with E-state index < -0.39 is 7.92 Å². The smallest absolute Gasteiger partial charge is 0.155 e. The van der Waals surface area contributed by atoms with Crippen molar-refractivity contribution in [1.82, 2.24) is 14.0 Å². The van der Waals surface area contributed by atoms with E-state index in [4.69, 9.17) is 14.1 Å².